The Kier molecular flexibility index (Phi) is 3.84. The van der Waals surface area contributed by atoms with Gasteiger partial charge in [-0.05, 0) is 54.7 Å². The lowest BCUT2D eigenvalue weighted by atomic mass is 9.76. The van der Waals surface area contributed by atoms with Crippen LogP contribution in [0.25, 0.3) is 0 Å². The zero-order valence-corrected chi connectivity index (χ0v) is 12.2. The van der Waals surface area contributed by atoms with E-state index in [-0.39, 0.29) is 0 Å². The van der Waals surface area contributed by atoms with Crippen LogP contribution in [-0.2, 0) is 0 Å². The maximum atomic E-state index is 10.9. The maximum Gasteiger partial charge on any atom is 0.335 e. The number of carboxylic acid groups (broad SMARTS) is 1. The van der Waals surface area contributed by atoms with E-state index < -0.39 is 5.97 Å². The minimum atomic E-state index is -0.897. The third-order valence-electron chi connectivity index (χ3n) is 3.96. The van der Waals surface area contributed by atoms with Crippen LogP contribution in [0.4, 0.5) is 5.69 Å². The van der Waals surface area contributed by atoms with Crippen molar-refractivity contribution in [3.05, 3.63) is 64.7 Å². The van der Waals surface area contributed by atoms with E-state index in [9.17, 15) is 4.79 Å². The Hall–Kier alpha value is -2.00. The second-order valence-electron chi connectivity index (χ2n) is 5.45. The first-order valence-corrected chi connectivity index (χ1v) is 7.35. The molecule has 1 aliphatic carbocycles. The molecule has 0 radical (unpaired) electrons. The number of nitrogens with one attached hydrogen (secondary N) is 1. The molecule has 2 aromatic carbocycles. The second-order valence-corrected chi connectivity index (χ2v) is 5.88. The highest BCUT2D eigenvalue weighted by Gasteiger charge is 2.30. The summed E-state index contributed by atoms with van der Waals surface area (Å²) in [7, 11) is 0. The Morgan fingerprint density at radius 1 is 1.14 bits per heavy atom. The van der Waals surface area contributed by atoms with E-state index in [0.717, 1.165) is 23.6 Å². The molecule has 2 N–H and O–H groups in total. The van der Waals surface area contributed by atoms with Gasteiger partial charge in [0.25, 0.3) is 0 Å². The van der Waals surface area contributed by atoms with E-state index in [1.807, 2.05) is 18.2 Å². The summed E-state index contributed by atoms with van der Waals surface area (Å²) in [5, 5.41) is 13.1. The molecule has 0 aromatic heterocycles. The van der Waals surface area contributed by atoms with E-state index in [2.05, 4.69) is 17.4 Å². The van der Waals surface area contributed by atoms with Crippen LogP contribution in [0.5, 0.6) is 0 Å². The fourth-order valence-corrected chi connectivity index (χ4v) is 2.85. The highest BCUT2D eigenvalue weighted by molar-refractivity contribution is 6.30. The smallest absolute Gasteiger partial charge is 0.335 e. The first kappa shape index (κ1) is 14.0. The minimum absolute atomic E-state index is 0.313. The summed E-state index contributed by atoms with van der Waals surface area (Å²) in [6.07, 6.45) is 2.11. The van der Waals surface area contributed by atoms with Crippen LogP contribution in [-0.4, -0.2) is 17.1 Å². The molecule has 0 saturated heterocycles. The van der Waals surface area contributed by atoms with Gasteiger partial charge in [0.15, 0.2) is 0 Å². The molecule has 0 atom stereocenters. The van der Waals surface area contributed by atoms with Crippen LogP contribution in [0, 0.1) is 0 Å². The van der Waals surface area contributed by atoms with Crippen LogP contribution in [0.2, 0.25) is 5.02 Å². The largest absolute Gasteiger partial charge is 0.478 e. The average molecular weight is 302 g/mol. The summed E-state index contributed by atoms with van der Waals surface area (Å²) in [5.41, 5.74) is 2.50. The van der Waals surface area contributed by atoms with Gasteiger partial charge in [0.1, 0.15) is 0 Å². The fourth-order valence-electron chi connectivity index (χ4n) is 2.72. The van der Waals surface area contributed by atoms with Crippen molar-refractivity contribution in [1.29, 1.82) is 0 Å². The highest BCUT2D eigenvalue weighted by Crippen LogP contribution is 2.38. The Morgan fingerprint density at radius 3 is 2.52 bits per heavy atom. The summed E-state index contributed by atoms with van der Waals surface area (Å²) in [5.74, 6) is -0.339. The van der Waals surface area contributed by atoms with Crippen LogP contribution < -0.4 is 5.32 Å². The Labute approximate surface area is 128 Å². The molecule has 21 heavy (non-hydrogen) atoms. The predicted octanol–water partition coefficient (Wildman–Crippen LogP) is 4.40. The number of hydrogen-bond acceptors (Lipinski definition) is 2. The van der Waals surface area contributed by atoms with Gasteiger partial charge >= 0.3 is 5.97 Å². The molecule has 1 aliphatic rings. The Bertz CT molecular complexity index is 648. The van der Waals surface area contributed by atoms with Crippen molar-refractivity contribution in [3.8, 4) is 0 Å². The number of carbonyl (C=O) groups is 1. The van der Waals surface area contributed by atoms with E-state index >= 15 is 0 Å². The van der Waals surface area contributed by atoms with Gasteiger partial charge in [-0.3, -0.25) is 0 Å². The summed E-state index contributed by atoms with van der Waals surface area (Å²) < 4.78 is 0. The molecule has 1 saturated carbocycles. The van der Waals surface area contributed by atoms with Gasteiger partial charge in [-0.1, -0.05) is 29.8 Å². The molecule has 0 aliphatic heterocycles. The number of benzene rings is 2. The fraction of sp³-hybridized carbons (Fsp3) is 0.235. The molecule has 3 nitrogen and oxygen atoms in total. The number of rotatable bonds is 4. The van der Waals surface area contributed by atoms with E-state index in [4.69, 9.17) is 16.7 Å². The molecule has 0 spiro atoms. The molecule has 3 rings (SSSR count). The second kappa shape index (κ2) is 5.78. The van der Waals surface area contributed by atoms with Crippen LogP contribution >= 0.6 is 11.6 Å². The Balaban J connectivity index is 1.58. The van der Waals surface area contributed by atoms with Crippen molar-refractivity contribution >= 4 is 23.3 Å². The van der Waals surface area contributed by atoms with Gasteiger partial charge in [0, 0.05) is 16.8 Å². The van der Waals surface area contributed by atoms with E-state index in [1.54, 1.807) is 18.2 Å². The summed E-state index contributed by atoms with van der Waals surface area (Å²) in [6, 6.07) is 15.4. The van der Waals surface area contributed by atoms with Crippen molar-refractivity contribution in [2.45, 2.75) is 24.8 Å². The van der Waals surface area contributed by atoms with Gasteiger partial charge in [-0.25, -0.2) is 4.79 Å². The summed E-state index contributed by atoms with van der Waals surface area (Å²) in [4.78, 5) is 10.9. The van der Waals surface area contributed by atoms with Crippen molar-refractivity contribution < 1.29 is 9.90 Å². The first-order chi connectivity index (χ1) is 10.1. The van der Waals surface area contributed by atoms with Gasteiger partial charge in [-0.15, -0.1) is 0 Å². The molecule has 0 bridgehead atoms. The lowest BCUT2D eigenvalue weighted by Crippen LogP contribution is -2.34. The zero-order chi connectivity index (χ0) is 14.8. The van der Waals surface area contributed by atoms with Crippen LogP contribution in [0.15, 0.2) is 48.5 Å². The highest BCUT2D eigenvalue weighted by atomic mass is 35.5. The lowest BCUT2D eigenvalue weighted by Gasteiger charge is -2.37. The maximum absolute atomic E-state index is 10.9. The predicted molar refractivity (Wildman–Crippen MR) is 84.2 cm³/mol. The van der Waals surface area contributed by atoms with Crippen LogP contribution in [0.1, 0.15) is 34.7 Å². The molecule has 0 unspecified atom stereocenters. The molecular formula is C17H16ClNO2. The third-order valence-corrected chi connectivity index (χ3v) is 4.21. The minimum Gasteiger partial charge on any atom is -0.478 e. The number of hydrogen-bond donors (Lipinski definition) is 2. The van der Waals surface area contributed by atoms with Gasteiger partial charge < -0.3 is 10.4 Å². The van der Waals surface area contributed by atoms with E-state index in [0.29, 0.717) is 17.5 Å². The SMILES string of the molecule is O=C(O)c1cccc(NC2CC(c3ccc(Cl)cc3)C2)c1. The zero-order valence-electron chi connectivity index (χ0n) is 11.4. The lowest BCUT2D eigenvalue weighted by molar-refractivity contribution is 0.0697. The van der Waals surface area contributed by atoms with Gasteiger partial charge in [0.05, 0.1) is 5.56 Å². The van der Waals surface area contributed by atoms with Crippen molar-refractivity contribution in [2.24, 2.45) is 0 Å². The number of aromatic carboxylic acids is 1. The molecular weight excluding hydrogens is 286 g/mol. The number of carboxylic acids is 1. The van der Waals surface area contributed by atoms with E-state index in [1.165, 1.54) is 5.56 Å². The molecule has 4 heteroatoms. The normalized spacial score (nSPS) is 20.6. The number of anilines is 1. The number of halogens is 1. The van der Waals surface area contributed by atoms with Gasteiger partial charge in [0.2, 0.25) is 0 Å². The van der Waals surface area contributed by atoms with Crippen molar-refractivity contribution in [2.75, 3.05) is 5.32 Å². The third kappa shape index (κ3) is 3.19. The standard InChI is InChI=1S/C17H16ClNO2/c18-14-6-4-11(5-7-14)13-9-16(10-13)19-15-3-1-2-12(8-15)17(20)21/h1-8,13,16,19H,9-10H2,(H,20,21). The summed E-state index contributed by atoms with van der Waals surface area (Å²) in [6.45, 7) is 0. The van der Waals surface area contributed by atoms with Crippen molar-refractivity contribution in [1.82, 2.24) is 0 Å². The van der Waals surface area contributed by atoms with Crippen LogP contribution in [0.3, 0.4) is 0 Å². The van der Waals surface area contributed by atoms with Crippen molar-refractivity contribution in [3.63, 3.8) is 0 Å². The Morgan fingerprint density at radius 2 is 1.86 bits per heavy atom. The van der Waals surface area contributed by atoms with Gasteiger partial charge in [-0.2, -0.15) is 0 Å². The quantitative estimate of drug-likeness (QED) is 0.880. The average Bonchev–Trinajstić information content (AvgIpc) is 2.44. The molecule has 1 fully saturated rings. The first-order valence-electron chi connectivity index (χ1n) is 6.97. The molecule has 2 aromatic rings. The molecule has 0 amide bonds. The topological polar surface area (TPSA) is 49.3 Å². The summed E-state index contributed by atoms with van der Waals surface area (Å²) >= 11 is 5.89. The monoisotopic (exact) mass is 301 g/mol. The molecule has 0 heterocycles. The molecule has 108 valence electrons.